The van der Waals surface area contributed by atoms with Crippen molar-refractivity contribution in [1.29, 1.82) is 0 Å². The van der Waals surface area contributed by atoms with E-state index in [1.54, 1.807) is 43.6 Å². The predicted molar refractivity (Wildman–Crippen MR) is 122 cm³/mol. The van der Waals surface area contributed by atoms with Crippen LogP contribution in [0, 0.1) is 0 Å². The van der Waals surface area contributed by atoms with Crippen LogP contribution in [0.25, 0.3) is 10.9 Å². The summed E-state index contributed by atoms with van der Waals surface area (Å²) < 4.78 is 5.78. The second-order valence-corrected chi connectivity index (χ2v) is 9.27. The first-order valence-corrected chi connectivity index (χ1v) is 10.9. The van der Waals surface area contributed by atoms with Crippen molar-refractivity contribution in [2.45, 2.75) is 52.6 Å². The van der Waals surface area contributed by atoms with Crippen molar-refractivity contribution >= 4 is 35.1 Å². The maximum Gasteiger partial charge on any atom is 0.407 e. The van der Waals surface area contributed by atoms with Crippen LogP contribution in [0.5, 0.6) is 0 Å². The fourth-order valence-corrected chi connectivity index (χ4v) is 3.38. The molecule has 3 aromatic rings. The molecule has 0 saturated heterocycles. The van der Waals surface area contributed by atoms with E-state index >= 15 is 0 Å². The molecule has 0 atom stereocenters. The number of nitrogens with one attached hydrogen (secondary N) is 2. The van der Waals surface area contributed by atoms with Crippen molar-refractivity contribution in [2.24, 2.45) is 0 Å². The van der Waals surface area contributed by atoms with E-state index in [1.165, 1.54) is 16.2 Å². The van der Waals surface area contributed by atoms with E-state index < -0.39 is 12.1 Å². The van der Waals surface area contributed by atoms with Gasteiger partial charge in [0, 0.05) is 16.8 Å². The van der Waals surface area contributed by atoms with Gasteiger partial charge in [-0.25, -0.2) is 24.5 Å². The minimum Gasteiger partial charge on any atom is -0.465 e. The van der Waals surface area contributed by atoms with Crippen molar-refractivity contribution in [2.75, 3.05) is 10.6 Å². The van der Waals surface area contributed by atoms with E-state index in [-0.39, 0.29) is 18.0 Å². The van der Waals surface area contributed by atoms with E-state index in [9.17, 15) is 14.7 Å². The highest BCUT2D eigenvalue weighted by Gasteiger charge is 2.21. The number of pyridine rings is 1. The Morgan fingerprint density at radius 1 is 1.19 bits per heavy atom. The molecule has 3 amide bonds. The third-order valence-electron chi connectivity index (χ3n) is 4.42. The smallest absolute Gasteiger partial charge is 0.407 e. The number of anilines is 2. The summed E-state index contributed by atoms with van der Waals surface area (Å²) in [4.78, 5) is 37.9. The lowest BCUT2D eigenvalue weighted by molar-refractivity contribution is 0.127. The third kappa shape index (κ3) is 5.82. The predicted octanol–water partition coefficient (Wildman–Crippen LogP) is 5.02. The fraction of sp³-hybridized carbons (Fsp3) is 0.381. The number of aromatic nitrogens is 3. The lowest BCUT2D eigenvalue weighted by Crippen LogP contribution is -2.35. The Hall–Kier alpha value is -3.47. The Balaban J connectivity index is 1.63. The first kappa shape index (κ1) is 23.2. The van der Waals surface area contributed by atoms with Gasteiger partial charge in [-0.05, 0) is 26.0 Å². The number of oxazole rings is 1. The van der Waals surface area contributed by atoms with Gasteiger partial charge in [-0.15, -0.1) is 11.3 Å². The van der Waals surface area contributed by atoms with Gasteiger partial charge in [0.25, 0.3) is 5.89 Å². The fourth-order valence-electron chi connectivity index (χ4n) is 2.70. The molecule has 0 fully saturated rings. The van der Waals surface area contributed by atoms with Crippen molar-refractivity contribution in [3.8, 4) is 10.9 Å². The normalized spacial score (nSPS) is 11.4. The number of carbonyl (C=O) groups excluding carboxylic acids is 1. The molecular formula is C21H26N6O4S. The van der Waals surface area contributed by atoms with Gasteiger partial charge in [0.05, 0.1) is 18.4 Å². The van der Waals surface area contributed by atoms with Crippen LogP contribution in [0.3, 0.4) is 0 Å². The lowest BCUT2D eigenvalue weighted by Gasteiger charge is -2.23. The molecule has 3 N–H and O–H groups in total. The molecule has 3 aromatic heterocycles. The molecule has 0 aliphatic heterocycles. The van der Waals surface area contributed by atoms with Gasteiger partial charge in [0.15, 0.2) is 5.01 Å². The highest BCUT2D eigenvalue weighted by molar-refractivity contribution is 7.13. The van der Waals surface area contributed by atoms with Gasteiger partial charge >= 0.3 is 12.1 Å². The summed E-state index contributed by atoms with van der Waals surface area (Å²) in [7, 11) is 0. The second-order valence-electron chi connectivity index (χ2n) is 8.42. The second kappa shape index (κ2) is 9.35. The molecule has 10 nitrogen and oxygen atoms in total. The third-order valence-corrected chi connectivity index (χ3v) is 5.25. The number of rotatable bonds is 6. The quantitative estimate of drug-likeness (QED) is 0.472. The summed E-state index contributed by atoms with van der Waals surface area (Å²) in [5.74, 6) is 1.80. The zero-order chi connectivity index (χ0) is 23.5. The molecule has 0 spiro atoms. The van der Waals surface area contributed by atoms with Crippen molar-refractivity contribution in [3.63, 3.8) is 0 Å². The van der Waals surface area contributed by atoms with Crippen molar-refractivity contribution in [3.05, 3.63) is 41.2 Å². The average molecular weight is 459 g/mol. The average Bonchev–Trinajstić information content (AvgIpc) is 3.35. The zero-order valence-corrected chi connectivity index (χ0v) is 19.4. The van der Waals surface area contributed by atoms with Crippen LogP contribution < -0.4 is 10.6 Å². The SMILES string of the molecule is CC(C)N(Cc1cccc(NC(=O)Nc2csc(-c3ncc(C(C)(C)C)o3)n2)n1)C(=O)O. The van der Waals surface area contributed by atoms with Gasteiger partial charge in [-0.3, -0.25) is 10.6 Å². The number of hydrogen-bond donors (Lipinski definition) is 3. The summed E-state index contributed by atoms with van der Waals surface area (Å²) in [6.07, 6.45) is 0.651. The molecule has 3 heterocycles. The van der Waals surface area contributed by atoms with E-state index in [4.69, 9.17) is 4.42 Å². The Morgan fingerprint density at radius 2 is 1.91 bits per heavy atom. The molecule has 0 radical (unpaired) electrons. The van der Waals surface area contributed by atoms with Crippen LogP contribution in [-0.4, -0.2) is 43.1 Å². The maximum absolute atomic E-state index is 12.4. The summed E-state index contributed by atoms with van der Waals surface area (Å²) in [5, 5.41) is 16.8. The van der Waals surface area contributed by atoms with E-state index in [0.717, 1.165) is 5.76 Å². The molecule has 170 valence electrons. The van der Waals surface area contributed by atoms with Crippen LogP contribution in [0.4, 0.5) is 21.2 Å². The molecule has 3 rings (SSSR count). The maximum atomic E-state index is 12.4. The highest BCUT2D eigenvalue weighted by atomic mass is 32.1. The van der Waals surface area contributed by atoms with Gasteiger partial charge in [0.2, 0.25) is 0 Å². The molecule has 11 heteroatoms. The molecule has 0 bridgehead atoms. The summed E-state index contributed by atoms with van der Waals surface area (Å²) in [6, 6.07) is 4.31. The Morgan fingerprint density at radius 3 is 2.53 bits per heavy atom. The van der Waals surface area contributed by atoms with Crippen LogP contribution in [-0.2, 0) is 12.0 Å². The van der Waals surface area contributed by atoms with E-state index in [2.05, 4.69) is 25.6 Å². The molecular weight excluding hydrogens is 432 g/mol. The number of urea groups is 1. The van der Waals surface area contributed by atoms with Crippen LogP contribution >= 0.6 is 11.3 Å². The highest BCUT2D eigenvalue weighted by Crippen LogP contribution is 2.30. The van der Waals surface area contributed by atoms with Gasteiger partial charge < -0.3 is 14.4 Å². The molecule has 0 aromatic carbocycles. The van der Waals surface area contributed by atoms with Crippen molar-refractivity contribution < 1.29 is 19.1 Å². The molecule has 0 aliphatic carbocycles. The largest absolute Gasteiger partial charge is 0.465 e. The van der Waals surface area contributed by atoms with Gasteiger partial charge in [-0.1, -0.05) is 26.8 Å². The number of thiazole rings is 1. The number of carboxylic acid groups (broad SMARTS) is 1. The zero-order valence-electron chi connectivity index (χ0n) is 18.5. The monoisotopic (exact) mass is 458 g/mol. The van der Waals surface area contributed by atoms with Crippen LogP contribution in [0.1, 0.15) is 46.1 Å². The Labute approximate surface area is 189 Å². The minimum atomic E-state index is -1.03. The van der Waals surface area contributed by atoms with Gasteiger partial charge in [0.1, 0.15) is 17.4 Å². The minimum absolute atomic E-state index is 0.117. The Bertz CT molecular complexity index is 1100. The first-order valence-electron chi connectivity index (χ1n) is 9.98. The number of hydrogen-bond acceptors (Lipinski definition) is 7. The van der Waals surface area contributed by atoms with Crippen molar-refractivity contribution in [1.82, 2.24) is 19.9 Å². The Kier molecular flexibility index (Phi) is 6.78. The molecule has 0 unspecified atom stereocenters. The molecule has 0 saturated carbocycles. The summed E-state index contributed by atoms with van der Waals surface area (Å²) in [5.41, 5.74) is 0.357. The molecule has 32 heavy (non-hydrogen) atoms. The summed E-state index contributed by atoms with van der Waals surface area (Å²) in [6.45, 7) is 9.78. The van der Waals surface area contributed by atoms with Gasteiger partial charge in [-0.2, -0.15) is 0 Å². The first-order chi connectivity index (χ1) is 15.0. The molecule has 0 aliphatic rings. The van der Waals surface area contributed by atoms with E-state index in [1.807, 2.05) is 20.8 Å². The number of carbonyl (C=O) groups is 2. The standard InChI is InChI=1S/C21H26N6O4S/c1-12(2)27(20(29)30)10-13-7-6-8-15(23-13)25-19(28)26-16-11-32-18(24-16)17-22-9-14(31-17)21(3,4)5/h6-9,11-12H,10H2,1-5H3,(H,29,30)(H2,23,25,26,28). The number of amides is 3. The van der Waals surface area contributed by atoms with Crippen LogP contribution in [0.15, 0.2) is 34.2 Å². The topological polar surface area (TPSA) is 133 Å². The number of nitrogens with zero attached hydrogens (tertiary/aromatic N) is 4. The lowest BCUT2D eigenvalue weighted by atomic mass is 9.94. The summed E-state index contributed by atoms with van der Waals surface area (Å²) >= 11 is 1.30. The van der Waals surface area contributed by atoms with Crippen LogP contribution in [0.2, 0.25) is 0 Å². The van der Waals surface area contributed by atoms with E-state index in [0.29, 0.717) is 28.2 Å².